The van der Waals surface area contributed by atoms with Gasteiger partial charge in [0, 0.05) is 30.5 Å². The molecule has 180 valence electrons. The number of anilines is 1. The second kappa shape index (κ2) is 10.2. The van der Waals surface area contributed by atoms with Crippen LogP contribution in [0.1, 0.15) is 50.3 Å². The lowest BCUT2D eigenvalue weighted by atomic mass is 9.87. The van der Waals surface area contributed by atoms with Crippen molar-refractivity contribution in [3.05, 3.63) is 65.5 Å². The highest BCUT2D eigenvalue weighted by atomic mass is 32.2. The summed E-state index contributed by atoms with van der Waals surface area (Å²) in [4.78, 5) is 15.0. The third kappa shape index (κ3) is 5.81. The number of nitrogens with zero attached hydrogens (tertiary/aromatic N) is 4. The van der Waals surface area contributed by atoms with Crippen molar-refractivity contribution < 1.29 is 4.79 Å². The number of thioether (sulfide) groups is 1. The molecule has 3 aromatic rings. The fraction of sp³-hybridized carbons (Fsp3) is 0.444. The molecule has 0 aliphatic carbocycles. The van der Waals surface area contributed by atoms with Crippen LogP contribution >= 0.6 is 11.8 Å². The predicted octanol–water partition coefficient (Wildman–Crippen LogP) is 5.06. The van der Waals surface area contributed by atoms with Crippen LogP contribution in [0.4, 0.5) is 5.69 Å². The van der Waals surface area contributed by atoms with E-state index >= 15 is 0 Å². The Labute approximate surface area is 207 Å². The van der Waals surface area contributed by atoms with E-state index in [1.54, 1.807) is 6.33 Å². The highest BCUT2D eigenvalue weighted by Crippen LogP contribution is 2.27. The van der Waals surface area contributed by atoms with Gasteiger partial charge in [0.15, 0.2) is 5.16 Å². The summed E-state index contributed by atoms with van der Waals surface area (Å²) in [7, 11) is 0. The van der Waals surface area contributed by atoms with E-state index in [0.717, 1.165) is 36.8 Å². The van der Waals surface area contributed by atoms with Gasteiger partial charge in [0.2, 0.25) is 5.91 Å². The zero-order valence-corrected chi connectivity index (χ0v) is 21.7. The molecule has 0 bridgehead atoms. The fourth-order valence-electron chi connectivity index (χ4n) is 4.23. The summed E-state index contributed by atoms with van der Waals surface area (Å²) < 4.78 is 1.94. The summed E-state index contributed by atoms with van der Waals surface area (Å²) in [6.45, 7) is 12.8. The Bertz CT molecular complexity index is 1120. The second-order valence-corrected chi connectivity index (χ2v) is 11.1. The molecule has 7 heteroatoms. The van der Waals surface area contributed by atoms with Crippen LogP contribution < -0.4 is 10.2 Å². The summed E-state index contributed by atoms with van der Waals surface area (Å²) in [5, 5.41) is 12.2. The molecule has 1 aliphatic rings. The van der Waals surface area contributed by atoms with E-state index in [2.05, 4.69) is 97.5 Å². The zero-order valence-electron chi connectivity index (χ0n) is 20.8. The average Bonchev–Trinajstić information content (AvgIpc) is 3.28. The van der Waals surface area contributed by atoms with Crippen molar-refractivity contribution in [1.82, 2.24) is 20.1 Å². The average molecular weight is 478 g/mol. The first-order chi connectivity index (χ1) is 16.2. The number of benzene rings is 2. The number of hydrogen-bond donors (Lipinski definition) is 1. The second-order valence-electron chi connectivity index (χ2n) is 10.2. The molecular formula is C27H35N5OS. The molecule has 6 nitrogen and oxygen atoms in total. The van der Waals surface area contributed by atoms with Gasteiger partial charge in [-0.15, -0.1) is 10.2 Å². The van der Waals surface area contributed by atoms with Gasteiger partial charge in [0.05, 0.1) is 5.75 Å². The first-order valence-electron chi connectivity index (χ1n) is 12.0. The lowest BCUT2D eigenvalue weighted by Gasteiger charge is -2.34. The van der Waals surface area contributed by atoms with Crippen LogP contribution in [-0.2, 0) is 10.2 Å². The van der Waals surface area contributed by atoms with Crippen molar-refractivity contribution in [1.29, 1.82) is 0 Å². The van der Waals surface area contributed by atoms with Gasteiger partial charge >= 0.3 is 0 Å². The number of rotatable bonds is 6. The van der Waals surface area contributed by atoms with E-state index in [1.807, 2.05) is 4.57 Å². The summed E-state index contributed by atoms with van der Waals surface area (Å²) in [5.74, 6) is 0.380. The summed E-state index contributed by atoms with van der Waals surface area (Å²) >= 11 is 1.42. The quantitative estimate of drug-likeness (QED) is 0.503. The molecule has 1 fully saturated rings. The molecule has 0 spiro atoms. The van der Waals surface area contributed by atoms with Crippen LogP contribution in [0.25, 0.3) is 5.69 Å². The summed E-state index contributed by atoms with van der Waals surface area (Å²) in [5.41, 5.74) is 6.26. The Balaban J connectivity index is 1.26. The first-order valence-corrected chi connectivity index (χ1v) is 12.9. The minimum atomic E-state index is 0.0487. The fourth-order valence-corrected chi connectivity index (χ4v) is 4.97. The molecule has 0 atom stereocenters. The molecule has 1 saturated heterocycles. The molecular weight excluding hydrogens is 442 g/mol. The third-order valence-corrected chi connectivity index (χ3v) is 7.52. The maximum absolute atomic E-state index is 12.6. The molecule has 34 heavy (non-hydrogen) atoms. The first kappa shape index (κ1) is 24.3. The Morgan fingerprint density at radius 3 is 2.35 bits per heavy atom. The highest BCUT2D eigenvalue weighted by molar-refractivity contribution is 7.99. The Kier molecular flexibility index (Phi) is 7.31. The topological polar surface area (TPSA) is 63.1 Å². The lowest BCUT2D eigenvalue weighted by molar-refractivity contribution is -0.119. The summed E-state index contributed by atoms with van der Waals surface area (Å²) in [6, 6.07) is 15.4. The lowest BCUT2D eigenvalue weighted by Crippen LogP contribution is -2.45. The standard InChI is InChI=1S/C27H35N5OS/c1-19-6-9-24(16-20(19)2)32-18-28-30-26(32)34-17-25(33)29-22-12-14-31(15-13-22)23-10-7-21(8-11-23)27(3,4)5/h6-11,16,18,22H,12-15,17H2,1-5H3,(H,29,33). The molecule has 2 heterocycles. The predicted molar refractivity (Wildman–Crippen MR) is 140 cm³/mol. The molecule has 4 rings (SSSR count). The van der Waals surface area contributed by atoms with E-state index in [-0.39, 0.29) is 17.4 Å². The van der Waals surface area contributed by atoms with Crippen LogP contribution in [0.2, 0.25) is 0 Å². The van der Waals surface area contributed by atoms with E-state index in [9.17, 15) is 4.79 Å². The van der Waals surface area contributed by atoms with E-state index in [0.29, 0.717) is 5.75 Å². The summed E-state index contributed by atoms with van der Waals surface area (Å²) in [6.07, 6.45) is 3.61. The number of hydrogen-bond acceptors (Lipinski definition) is 5. The van der Waals surface area contributed by atoms with Crippen LogP contribution in [0.5, 0.6) is 0 Å². The molecule has 0 radical (unpaired) electrons. The number of amides is 1. The van der Waals surface area contributed by atoms with Crippen LogP contribution in [0, 0.1) is 13.8 Å². The number of nitrogens with one attached hydrogen (secondary N) is 1. The number of piperidine rings is 1. The minimum Gasteiger partial charge on any atom is -0.371 e. The maximum atomic E-state index is 12.6. The Morgan fingerprint density at radius 2 is 1.71 bits per heavy atom. The largest absolute Gasteiger partial charge is 0.371 e. The van der Waals surface area contributed by atoms with Gasteiger partial charge in [-0.25, -0.2) is 0 Å². The number of aromatic nitrogens is 3. The van der Waals surface area contributed by atoms with Crippen molar-refractivity contribution in [2.45, 2.75) is 64.1 Å². The van der Waals surface area contributed by atoms with Crippen LogP contribution in [-0.4, -0.2) is 45.6 Å². The van der Waals surface area contributed by atoms with Gasteiger partial charge in [0.1, 0.15) is 6.33 Å². The molecule has 1 aromatic heterocycles. The van der Waals surface area contributed by atoms with Gasteiger partial charge in [0.25, 0.3) is 0 Å². The van der Waals surface area contributed by atoms with Gasteiger partial charge in [-0.1, -0.05) is 50.7 Å². The monoisotopic (exact) mass is 477 g/mol. The Morgan fingerprint density at radius 1 is 1.03 bits per heavy atom. The van der Waals surface area contributed by atoms with Crippen molar-refractivity contribution in [3.8, 4) is 5.69 Å². The number of carbonyl (C=O) groups excluding carboxylic acids is 1. The zero-order chi connectivity index (χ0) is 24.3. The van der Waals surface area contributed by atoms with E-state index in [4.69, 9.17) is 0 Å². The van der Waals surface area contributed by atoms with Gasteiger partial charge < -0.3 is 10.2 Å². The van der Waals surface area contributed by atoms with Crippen LogP contribution in [0.15, 0.2) is 53.9 Å². The normalized spacial score (nSPS) is 14.9. The van der Waals surface area contributed by atoms with E-state index < -0.39 is 0 Å². The van der Waals surface area contributed by atoms with Gasteiger partial charge in [-0.3, -0.25) is 9.36 Å². The number of carbonyl (C=O) groups is 1. The number of aryl methyl sites for hydroxylation is 2. The van der Waals surface area contributed by atoms with Gasteiger partial charge in [-0.05, 0) is 73.1 Å². The molecule has 0 unspecified atom stereocenters. The third-order valence-electron chi connectivity index (χ3n) is 6.58. The van der Waals surface area contributed by atoms with Crippen molar-refractivity contribution in [3.63, 3.8) is 0 Å². The van der Waals surface area contributed by atoms with E-state index in [1.165, 1.54) is 34.1 Å². The minimum absolute atomic E-state index is 0.0487. The SMILES string of the molecule is Cc1ccc(-n2cnnc2SCC(=O)NC2CCN(c3ccc(C(C)(C)C)cc3)CC2)cc1C. The Hall–Kier alpha value is -2.80. The molecule has 1 aliphatic heterocycles. The van der Waals surface area contributed by atoms with Crippen molar-refractivity contribution >= 4 is 23.4 Å². The van der Waals surface area contributed by atoms with Gasteiger partial charge in [-0.2, -0.15) is 0 Å². The highest BCUT2D eigenvalue weighted by Gasteiger charge is 2.22. The van der Waals surface area contributed by atoms with Crippen molar-refractivity contribution in [2.75, 3.05) is 23.7 Å². The smallest absolute Gasteiger partial charge is 0.230 e. The maximum Gasteiger partial charge on any atom is 0.230 e. The van der Waals surface area contributed by atoms with Crippen molar-refractivity contribution in [2.24, 2.45) is 0 Å². The molecule has 1 amide bonds. The molecule has 2 aromatic carbocycles. The molecule has 0 saturated carbocycles. The molecule has 1 N–H and O–H groups in total. The van der Waals surface area contributed by atoms with Crippen LogP contribution in [0.3, 0.4) is 0 Å².